The first-order chi connectivity index (χ1) is 6.79. The largest absolute Gasteiger partial charge is 0.265 e. The van der Waals surface area contributed by atoms with Crippen molar-refractivity contribution < 1.29 is 21.4 Å². The van der Waals surface area contributed by atoms with Crippen LogP contribution in [0.2, 0.25) is 0 Å². The van der Waals surface area contributed by atoms with Crippen molar-refractivity contribution in [1.29, 1.82) is 0 Å². The first kappa shape index (κ1) is 12.1. The van der Waals surface area contributed by atoms with E-state index in [1.54, 1.807) is 0 Å². The molecule has 1 rings (SSSR count). The minimum atomic E-state index is -3.65. The maximum Gasteiger partial charge on any atom is 0.264 e. The Kier molecular flexibility index (Phi) is 3.41. The zero-order valence-corrected chi connectivity index (χ0v) is 9.07. The third-order valence-electron chi connectivity index (χ3n) is 1.76. The molecule has 0 fully saturated rings. The summed E-state index contributed by atoms with van der Waals surface area (Å²) in [5.74, 6) is -1.28. The van der Waals surface area contributed by atoms with Crippen molar-refractivity contribution in [3.8, 4) is 0 Å². The van der Waals surface area contributed by atoms with Gasteiger partial charge in [-0.2, -0.15) is 8.42 Å². The summed E-state index contributed by atoms with van der Waals surface area (Å²) in [5, 5.41) is 0. The normalized spacial score (nSPS) is 11.7. The van der Waals surface area contributed by atoms with Gasteiger partial charge in [-0.15, -0.1) is 0 Å². The zero-order valence-electron chi connectivity index (χ0n) is 8.25. The third kappa shape index (κ3) is 3.56. The molecule has 3 nitrogen and oxygen atoms in total. The molecule has 15 heavy (non-hydrogen) atoms. The molecule has 1 aromatic carbocycles. The number of rotatable bonds is 3. The third-order valence-corrected chi connectivity index (χ3v) is 2.30. The fourth-order valence-electron chi connectivity index (χ4n) is 0.969. The van der Waals surface area contributed by atoms with Gasteiger partial charge in [-0.3, -0.25) is 4.18 Å². The predicted octanol–water partition coefficient (Wildman–Crippen LogP) is 1.75. The Bertz CT molecular complexity index is 468. The van der Waals surface area contributed by atoms with E-state index in [4.69, 9.17) is 0 Å². The fraction of sp³-hybridized carbons (Fsp3) is 0.333. The summed E-state index contributed by atoms with van der Waals surface area (Å²) in [6.07, 6.45) is 0.843. The maximum atomic E-state index is 13.2. The number of aryl methyl sites for hydroxylation is 1. The first-order valence-corrected chi connectivity index (χ1v) is 5.90. The highest BCUT2D eigenvalue weighted by Gasteiger charge is 2.10. The molecular weight excluding hydrogens is 226 g/mol. The van der Waals surface area contributed by atoms with Crippen molar-refractivity contribution in [2.24, 2.45) is 0 Å². The smallest absolute Gasteiger partial charge is 0.264 e. The molecule has 0 bridgehead atoms. The molecule has 0 N–H and O–H groups in total. The van der Waals surface area contributed by atoms with Crippen LogP contribution in [0.25, 0.3) is 0 Å². The van der Waals surface area contributed by atoms with Crippen LogP contribution in [0.3, 0.4) is 0 Å². The molecule has 0 amide bonds. The Balaban J connectivity index is 2.91. The Morgan fingerprint density at radius 1 is 1.27 bits per heavy atom. The number of hydrogen-bond acceptors (Lipinski definition) is 3. The second-order valence-electron chi connectivity index (χ2n) is 3.16. The van der Waals surface area contributed by atoms with Crippen molar-refractivity contribution in [2.75, 3.05) is 6.26 Å². The Labute approximate surface area is 86.8 Å². The van der Waals surface area contributed by atoms with Gasteiger partial charge in [0.2, 0.25) is 0 Å². The highest BCUT2D eigenvalue weighted by atomic mass is 32.2. The molecule has 0 unspecified atom stereocenters. The van der Waals surface area contributed by atoms with Crippen molar-refractivity contribution in [3.63, 3.8) is 0 Å². The van der Waals surface area contributed by atoms with Gasteiger partial charge in [0.25, 0.3) is 10.1 Å². The summed E-state index contributed by atoms with van der Waals surface area (Å²) in [7, 11) is -3.65. The standard InChI is InChI=1S/C9H10F2O3S/c1-6-3-9(11)7(4-8(6)10)5-14-15(2,12)13/h3-4H,5H2,1-2H3. The van der Waals surface area contributed by atoms with Crippen LogP contribution < -0.4 is 0 Å². The molecule has 0 aliphatic heterocycles. The topological polar surface area (TPSA) is 43.4 Å². The fourth-order valence-corrected chi connectivity index (χ4v) is 1.31. The predicted molar refractivity (Wildman–Crippen MR) is 50.7 cm³/mol. The Hall–Kier alpha value is -1.01. The van der Waals surface area contributed by atoms with Crippen LogP contribution in [0.1, 0.15) is 11.1 Å². The lowest BCUT2D eigenvalue weighted by molar-refractivity contribution is 0.305. The van der Waals surface area contributed by atoms with E-state index in [0.29, 0.717) is 0 Å². The van der Waals surface area contributed by atoms with Crippen LogP contribution in [-0.2, 0) is 20.9 Å². The molecule has 0 heterocycles. The van der Waals surface area contributed by atoms with Crippen LogP contribution in [0.4, 0.5) is 8.78 Å². The molecular formula is C9H10F2O3S. The maximum absolute atomic E-state index is 13.2. The van der Waals surface area contributed by atoms with E-state index < -0.39 is 28.4 Å². The lowest BCUT2D eigenvalue weighted by Gasteiger charge is -2.05. The Morgan fingerprint density at radius 2 is 1.87 bits per heavy atom. The van der Waals surface area contributed by atoms with Crippen molar-refractivity contribution in [1.82, 2.24) is 0 Å². The van der Waals surface area contributed by atoms with Crippen LogP contribution >= 0.6 is 0 Å². The van der Waals surface area contributed by atoms with E-state index in [0.717, 1.165) is 18.4 Å². The van der Waals surface area contributed by atoms with Gasteiger partial charge in [-0.1, -0.05) is 0 Å². The van der Waals surface area contributed by atoms with Gasteiger partial charge in [0.15, 0.2) is 0 Å². The summed E-state index contributed by atoms with van der Waals surface area (Å²) in [5.41, 5.74) is 0.0409. The lowest BCUT2D eigenvalue weighted by atomic mass is 10.1. The summed E-state index contributed by atoms with van der Waals surface area (Å²) < 4.78 is 51.8. The molecule has 0 aliphatic carbocycles. The van der Waals surface area contributed by atoms with Gasteiger partial charge < -0.3 is 0 Å². The molecule has 84 valence electrons. The van der Waals surface area contributed by atoms with Gasteiger partial charge >= 0.3 is 0 Å². The summed E-state index contributed by atoms with van der Waals surface area (Å²) in [6.45, 7) is 0.918. The van der Waals surface area contributed by atoms with Crippen LogP contribution in [-0.4, -0.2) is 14.7 Å². The van der Waals surface area contributed by atoms with Crippen LogP contribution in [0.5, 0.6) is 0 Å². The van der Waals surface area contributed by atoms with Gasteiger partial charge in [0, 0.05) is 5.56 Å². The summed E-state index contributed by atoms with van der Waals surface area (Å²) in [4.78, 5) is 0. The second-order valence-corrected chi connectivity index (χ2v) is 4.80. The Morgan fingerprint density at radius 3 is 2.40 bits per heavy atom. The SMILES string of the molecule is Cc1cc(F)c(COS(C)(=O)=O)cc1F. The lowest BCUT2D eigenvalue weighted by Crippen LogP contribution is -2.04. The van der Waals surface area contributed by atoms with Gasteiger partial charge in [-0.25, -0.2) is 8.78 Å². The number of halogens is 2. The summed E-state index contributed by atoms with van der Waals surface area (Å²) >= 11 is 0. The highest BCUT2D eigenvalue weighted by molar-refractivity contribution is 7.85. The number of hydrogen-bond donors (Lipinski definition) is 0. The molecule has 1 aromatic rings. The van der Waals surface area contributed by atoms with E-state index in [2.05, 4.69) is 4.18 Å². The molecule has 0 spiro atoms. The van der Waals surface area contributed by atoms with Crippen molar-refractivity contribution in [2.45, 2.75) is 13.5 Å². The van der Waals surface area contributed by atoms with E-state index in [9.17, 15) is 17.2 Å². The van der Waals surface area contributed by atoms with Gasteiger partial charge in [0.05, 0.1) is 12.9 Å². The number of benzene rings is 1. The zero-order chi connectivity index (χ0) is 11.6. The molecule has 0 aromatic heterocycles. The van der Waals surface area contributed by atoms with E-state index >= 15 is 0 Å². The van der Waals surface area contributed by atoms with E-state index in [1.165, 1.54) is 6.92 Å². The van der Waals surface area contributed by atoms with E-state index in [-0.39, 0.29) is 11.1 Å². The average molecular weight is 236 g/mol. The van der Waals surface area contributed by atoms with Crippen molar-refractivity contribution >= 4 is 10.1 Å². The average Bonchev–Trinajstić information content (AvgIpc) is 2.07. The quantitative estimate of drug-likeness (QED) is 0.751. The minimum absolute atomic E-state index is 0.122. The molecule has 0 saturated heterocycles. The molecule has 0 aliphatic rings. The van der Waals surface area contributed by atoms with Crippen molar-refractivity contribution in [3.05, 3.63) is 34.9 Å². The molecule has 0 saturated carbocycles. The van der Waals surface area contributed by atoms with E-state index in [1.807, 2.05) is 0 Å². The molecule has 0 radical (unpaired) electrons. The molecule has 6 heteroatoms. The minimum Gasteiger partial charge on any atom is -0.265 e. The van der Waals surface area contributed by atoms with Crippen LogP contribution in [0.15, 0.2) is 12.1 Å². The van der Waals surface area contributed by atoms with Gasteiger partial charge in [0.1, 0.15) is 11.6 Å². The highest BCUT2D eigenvalue weighted by Crippen LogP contribution is 2.15. The molecule has 0 atom stereocenters. The van der Waals surface area contributed by atoms with Gasteiger partial charge in [-0.05, 0) is 24.6 Å². The van der Waals surface area contributed by atoms with Crippen LogP contribution in [0, 0.1) is 18.6 Å². The second kappa shape index (κ2) is 4.24. The first-order valence-electron chi connectivity index (χ1n) is 4.08. The monoisotopic (exact) mass is 236 g/mol. The summed E-state index contributed by atoms with van der Waals surface area (Å²) in [6, 6.07) is 1.92.